The van der Waals surface area contributed by atoms with Crippen molar-refractivity contribution < 1.29 is 9.53 Å². The molecule has 0 unspecified atom stereocenters. The molecule has 2 nitrogen and oxygen atoms in total. The van der Waals surface area contributed by atoms with Crippen molar-refractivity contribution in [2.24, 2.45) is 23.7 Å². The van der Waals surface area contributed by atoms with Gasteiger partial charge < -0.3 is 9.53 Å². The quantitative estimate of drug-likeness (QED) is 0.249. The number of hydrogen-bond donors (Lipinski definition) is 1. The zero-order valence-electron chi connectivity index (χ0n) is 22.4. The van der Waals surface area contributed by atoms with Crippen LogP contribution in [0.25, 0.3) is 0 Å². The predicted molar refractivity (Wildman–Crippen MR) is 142 cm³/mol. The highest BCUT2D eigenvalue weighted by atomic mass is 28.4. The first-order valence-electron chi connectivity index (χ1n) is 13.4. The summed E-state index contributed by atoms with van der Waals surface area (Å²) >= 11 is 0. The highest BCUT2D eigenvalue weighted by molar-refractivity contribution is 6.74. The van der Waals surface area contributed by atoms with Gasteiger partial charge >= 0.3 is 0 Å². The first-order chi connectivity index (χ1) is 15.0. The summed E-state index contributed by atoms with van der Waals surface area (Å²) in [5.74, 6) is 3.47. The molecule has 0 heterocycles. The van der Waals surface area contributed by atoms with Crippen molar-refractivity contribution in [1.29, 1.82) is 0 Å². The molecule has 0 radical (unpaired) electrons. The number of phenolic OH excluding ortho intramolecular Hbond substituents is 1. The molecule has 0 amide bonds. The van der Waals surface area contributed by atoms with Gasteiger partial charge in [-0.1, -0.05) is 79.4 Å². The fourth-order valence-electron chi connectivity index (χ4n) is 5.70. The molecule has 184 valence electrons. The van der Waals surface area contributed by atoms with E-state index in [0.29, 0.717) is 11.9 Å². The van der Waals surface area contributed by atoms with Crippen molar-refractivity contribution in [3.05, 3.63) is 29.8 Å². The Balaban J connectivity index is 2.11. The van der Waals surface area contributed by atoms with Crippen molar-refractivity contribution in [3.8, 4) is 5.75 Å². The Labute approximate surface area is 200 Å². The van der Waals surface area contributed by atoms with Crippen LogP contribution in [-0.4, -0.2) is 19.5 Å². The Morgan fingerprint density at radius 1 is 1.09 bits per heavy atom. The number of hydrogen-bond acceptors (Lipinski definition) is 2. The zero-order valence-corrected chi connectivity index (χ0v) is 23.4. The lowest BCUT2D eigenvalue weighted by atomic mass is 9.79. The number of unbranched alkanes of at least 4 members (excludes halogenated alkanes) is 2. The first-order valence-corrected chi connectivity index (χ1v) is 16.3. The molecule has 5 atom stereocenters. The third-order valence-corrected chi connectivity index (χ3v) is 13.2. The minimum atomic E-state index is -1.75. The molecule has 2 rings (SSSR count). The van der Waals surface area contributed by atoms with Gasteiger partial charge in [0.25, 0.3) is 0 Å². The lowest BCUT2D eigenvalue weighted by Crippen LogP contribution is -2.44. The number of aromatic hydroxyl groups is 1. The van der Waals surface area contributed by atoms with Crippen molar-refractivity contribution >= 4 is 8.32 Å². The highest BCUT2D eigenvalue weighted by Gasteiger charge is 2.42. The van der Waals surface area contributed by atoms with E-state index in [0.717, 1.165) is 30.1 Å². The highest BCUT2D eigenvalue weighted by Crippen LogP contribution is 2.47. The molecule has 1 aromatic carbocycles. The molecule has 1 fully saturated rings. The van der Waals surface area contributed by atoms with Crippen molar-refractivity contribution in [2.75, 3.05) is 0 Å². The third kappa shape index (κ3) is 7.62. The van der Waals surface area contributed by atoms with Crippen LogP contribution in [-0.2, 0) is 10.8 Å². The molecule has 1 N–H and O–H groups in total. The molecule has 3 heteroatoms. The van der Waals surface area contributed by atoms with Crippen LogP contribution in [0.2, 0.25) is 18.1 Å². The van der Waals surface area contributed by atoms with E-state index in [1.807, 2.05) is 12.1 Å². The van der Waals surface area contributed by atoms with Gasteiger partial charge in [0.1, 0.15) is 5.75 Å². The molecule has 1 aliphatic carbocycles. The van der Waals surface area contributed by atoms with E-state index in [1.165, 1.54) is 56.9 Å². The molecule has 0 aromatic heterocycles. The molecule has 1 saturated carbocycles. The molecular weight excluding hydrogens is 408 g/mol. The van der Waals surface area contributed by atoms with E-state index in [1.54, 1.807) is 6.07 Å². The monoisotopic (exact) mass is 460 g/mol. The van der Waals surface area contributed by atoms with Gasteiger partial charge in [-0.2, -0.15) is 0 Å². The van der Waals surface area contributed by atoms with Gasteiger partial charge in [-0.3, -0.25) is 0 Å². The van der Waals surface area contributed by atoms with Crippen LogP contribution in [0, 0.1) is 23.7 Å². The second-order valence-electron chi connectivity index (χ2n) is 12.2. The van der Waals surface area contributed by atoms with Crippen LogP contribution in [0.1, 0.15) is 98.5 Å². The maximum atomic E-state index is 9.97. The molecule has 1 aliphatic rings. The van der Waals surface area contributed by atoms with Gasteiger partial charge in [0, 0.05) is 6.10 Å². The lowest BCUT2D eigenvalue weighted by Gasteiger charge is -2.40. The van der Waals surface area contributed by atoms with Gasteiger partial charge in [0.15, 0.2) is 8.32 Å². The molecule has 1 aromatic rings. The number of rotatable bonds is 12. The number of phenols is 1. The zero-order chi connectivity index (χ0) is 23.9. The maximum absolute atomic E-state index is 9.97. The largest absolute Gasteiger partial charge is 0.508 e. The van der Waals surface area contributed by atoms with E-state index in [2.05, 4.69) is 60.7 Å². The lowest BCUT2D eigenvalue weighted by molar-refractivity contribution is 0.137. The third-order valence-electron chi connectivity index (χ3n) is 8.69. The second-order valence-corrected chi connectivity index (χ2v) is 16.9. The van der Waals surface area contributed by atoms with Gasteiger partial charge in [-0.15, -0.1) is 0 Å². The van der Waals surface area contributed by atoms with E-state index >= 15 is 0 Å². The van der Waals surface area contributed by atoms with Gasteiger partial charge in [0.2, 0.25) is 0 Å². The Kier molecular flexibility index (Phi) is 10.3. The molecule has 0 aliphatic heterocycles. The average molecular weight is 461 g/mol. The fourth-order valence-corrected chi connectivity index (χ4v) is 7.12. The Morgan fingerprint density at radius 3 is 2.41 bits per heavy atom. The fraction of sp³-hybridized carbons (Fsp3) is 0.793. The summed E-state index contributed by atoms with van der Waals surface area (Å²) < 4.78 is 6.97. The predicted octanol–water partition coefficient (Wildman–Crippen LogP) is 8.98. The Hall–Kier alpha value is -0.803. The smallest absolute Gasteiger partial charge is 0.192 e. The normalized spacial score (nSPS) is 25.2. The minimum absolute atomic E-state index is 0.266. The van der Waals surface area contributed by atoms with Crippen molar-refractivity contribution in [1.82, 2.24) is 0 Å². The van der Waals surface area contributed by atoms with E-state index in [-0.39, 0.29) is 5.04 Å². The van der Waals surface area contributed by atoms with Gasteiger partial charge in [-0.25, -0.2) is 0 Å². The summed E-state index contributed by atoms with van der Waals surface area (Å²) in [6, 6.07) is 7.95. The van der Waals surface area contributed by atoms with Crippen LogP contribution < -0.4 is 0 Å². The van der Waals surface area contributed by atoms with Gasteiger partial charge in [0.05, 0.1) is 0 Å². The van der Waals surface area contributed by atoms with Gasteiger partial charge in [-0.05, 0) is 91.6 Å². The second kappa shape index (κ2) is 12.1. The van der Waals surface area contributed by atoms with E-state index < -0.39 is 8.32 Å². The van der Waals surface area contributed by atoms with Crippen molar-refractivity contribution in [2.45, 2.75) is 124 Å². The van der Waals surface area contributed by atoms with Crippen LogP contribution >= 0.6 is 0 Å². The summed E-state index contributed by atoms with van der Waals surface area (Å²) in [7, 11) is -1.75. The summed E-state index contributed by atoms with van der Waals surface area (Å²) in [5.41, 5.74) is 1.30. The maximum Gasteiger partial charge on any atom is 0.192 e. The van der Waals surface area contributed by atoms with Crippen molar-refractivity contribution in [3.63, 3.8) is 0 Å². The average Bonchev–Trinajstić information content (AvgIpc) is 2.99. The molecule has 0 spiro atoms. The summed E-state index contributed by atoms with van der Waals surface area (Å²) in [6.45, 7) is 19.0. The first kappa shape index (κ1) is 27.4. The molecule has 0 bridgehead atoms. The Bertz CT molecular complexity index is 678. The summed E-state index contributed by atoms with van der Waals surface area (Å²) in [4.78, 5) is 0. The summed E-state index contributed by atoms with van der Waals surface area (Å²) in [6.07, 6.45) is 11.7. The SMILES string of the molecule is CCCCC[C@@H](CC[C@@H]1[C@@H](Cc2cccc(O)c2)[C@@H](CC)C[C@H]1C)O[Si](C)(C)C(C)(C)C. The topological polar surface area (TPSA) is 29.5 Å². The van der Waals surface area contributed by atoms with Crippen LogP contribution in [0.3, 0.4) is 0 Å². The van der Waals surface area contributed by atoms with Crippen LogP contribution in [0.5, 0.6) is 5.75 Å². The van der Waals surface area contributed by atoms with Crippen LogP contribution in [0.4, 0.5) is 0 Å². The molecule has 32 heavy (non-hydrogen) atoms. The van der Waals surface area contributed by atoms with Crippen LogP contribution in [0.15, 0.2) is 24.3 Å². The molecule has 0 saturated heterocycles. The standard InChI is InChI=1S/C29H52O2Si/c1-9-11-12-16-26(31-32(7,8)29(4,5)6)17-18-27-22(3)19-24(10-2)28(27)21-23-14-13-15-25(30)20-23/h13-15,20,22,24,26-28,30H,9-12,16-19,21H2,1-8H3/t22-,24+,26+,27+,28+/m1/s1. The summed E-state index contributed by atoms with van der Waals surface area (Å²) in [5, 5.41) is 10.2. The van der Waals surface area contributed by atoms with E-state index in [4.69, 9.17) is 4.43 Å². The molecular formula is C29H52O2Si. The Morgan fingerprint density at radius 2 is 1.81 bits per heavy atom. The minimum Gasteiger partial charge on any atom is -0.508 e. The van der Waals surface area contributed by atoms with E-state index in [9.17, 15) is 5.11 Å². The number of benzene rings is 1.